The number of nitrogens with zero attached hydrogens (tertiary/aromatic N) is 4. The average molecular weight is 273 g/mol. The normalized spacial score (nSPS) is 10.7. The summed E-state index contributed by atoms with van der Waals surface area (Å²) < 4.78 is 1.60. The Morgan fingerprint density at radius 1 is 1.32 bits per heavy atom. The zero-order chi connectivity index (χ0) is 13.1. The summed E-state index contributed by atoms with van der Waals surface area (Å²) in [5.74, 6) is -0.0165. The highest BCUT2D eigenvalue weighted by molar-refractivity contribution is 7.16. The van der Waals surface area contributed by atoms with Gasteiger partial charge in [-0.25, -0.2) is 0 Å². The van der Waals surface area contributed by atoms with Crippen LogP contribution < -0.4 is 5.32 Å². The number of fused-ring (bicyclic) bond motifs is 1. The first-order valence-corrected chi connectivity index (χ1v) is 6.59. The van der Waals surface area contributed by atoms with Crippen LogP contribution in [0.25, 0.3) is 4.96 Å². The predicted octanol–water partition coefficient (Wildman–Crippen LogP) is 1.04. The standard InChI is InChI=1S/C12H11N5OS/c18-10(6-9-4-2-1-3-5-9)13-7-11-16-17-8-14-15-12(17)19-11/h1-5,8H,6-7H2,(H,13,18). The van der Waals surface area contributed by atoms with Gasteiger partial charge in [0.05, 0.1) is 13.0 Å². The van der Waals surface area contributed by atoms with E-state index in [4.69, 9.17) is 0 Å². The number of rotatable bonds is 4. The molecule has 0 saturated heterocycles. The molecule has 0 saturated carbocycles. The summed E-state index contributed by atoms with van der Waals surface area (Å²) in [6.45, 7) is 0.416. The monoisotopic (exact) mass is 273 g/mol. The minimum atomic E-state index is -0.0165. The number of hydrogen-bond donors (Lipinski definition) is 1. The second kappa shape index (κ2) is 5.15. The average Bonchev–Trinajstić information content (AvgIpc) is 2.98. The van der Waals surface area contributed by atoms with Crippen LogP contribution in [0.1, 0.15) is 10.6 Å². The number of carbonyl (C=O) groups is 1. The Morgan fingerprint density at radius 3 is 2.95 bits per heavy atom. The molecule has 0 bridgehead atoms. The molecule has 0 aliphatic heterocycles. The third-order valence-corrected chi connectivity index (χ3v) is 3.49. The Kier molecular flexibility index (Phi) is 3.20. The second-order valence-corrected chi connectivity index (χ2v) is 5.03. The Labute approximate surface area is 113 Å². The topological polar surface area (TPSA) is 72.2 Å². The molecule has 0 fully saturated rings. The maximum atomic E-state index is 11.8. The van der Waals surface area contributed by atoms with Crippen molar-refractivity contribution in [2.75, 3.05) is 0 Å². The van der Waals surface area contributed by atoms with E-state index in [1.54, 1.807) is 10.8 Å². The van der Waals surface area contributed by atoms with Gasteiger partial charge in [0.1, 0.15) is 11.3 Å². The predicted molar refractivity (Wildman–Crippen MR) is 70.7 cm³/mol. The van der Waals surface area contributed by atoms with Gasteiger partial charge < -0.3 is 5.32 Å². The molecule has 7 heteroatoms. The molecule has 0 atom stereocenters. The van der Waals surface area contributed by atoms with E-state index < -0.39 is 0 Å². The Morgan fingerprint density at radius 2 is 2.16 bits per heavy atom. The summed E-state index contributed by atoms with van der Waals surface area (Å²) in [6.07, 6.45) is 1.92. The zero-order valence-corrected chi connectivity index (χ0v) is 10.8. The highest BCUT2D eigenvalue weighted by Gasteiger charge is 2.07. The van der Waals surface area contributed by atoms with Gasteiger partial charge >= 0.3 is 0 Å². The van der Waals surface area contributed by atoms with Gasteiger partial charge in [0, 0.05) is 0 Å². The van der Waals surface area contributed by atoms with Crippen molar-refractivity contribution in [3.8, 4) is 0 Å². The quantitative estimate of drug-likeness (QED) is 0.771. The first kappa shape index (κ1) is 11.8. The van der Waals surface area contributed by atoms with E-state index in [1.807, 2.05) is 30.3 Å². The highest BCUT2D eigenvalue weighted by atomic mass is 32.1. The Hall–Kier alpha value is -2.28. The molecular formula is C12H11N5OS. The minimum Gasteiger partial charge on any atom is -0.349 e. The number of nitrogens with one attached hydrogen (secondary N) is 1. The lowest BCUT2D eigenvalue weighted by Gasteiger charge is -2.02. The molecule has 19 heavy (non-hydrogen) atoms. The summed E-state index contributed by atoms with van der Waals surface area (Å²) in [4.78, 5) is 12.5. The van der Waals surface area contributed by atoms with Crippen LogP contribution in [0.15, 0.2) is 36.7 Å². The van der Waals surface area contributed by atoms with Crippen LogP contribution in [0.4, 0.5) is 0 Å². The molecule has 0 radical (unpaired) electrons. The van der Waals surface area contributed by atoms with Crippen LogP contribution in [-0.2, 0) is 17.8 Å². The van der Waals surface area contributed by atoms with Crippen molar-refractivity contribution in [3.63, 3.8) is 0 Å². The molecule has 0 aliphatic rings. The van der Waals surface area contributed by atoms with Crippen molar-refractivity contribution in [2.24, 2.45) is 0 Å². The maximum absolute atomic E-state index is 11.8. The van der Waals surface area contributed by atoms with Gasteiger partial charge in [0.15, 0.2) is 0 Å². The van der Waals surface area contributed by atoms with Crippen molar-refractivity contribution < 1.29 is 4.79 Å². The van der Waals surface area contributed by atoms with Crippen LogP contribution >= 0.6 is 11.3 Å². The summed E-state index contributed by atoms with van der Waals surface area (Å²) in [7, 11) is 0. The summed E-state index contributed by atoms with van der Waals surface area (Å²) in [6, 6.07) is 9.64. The van der Waals surface area contributed by atoms with E-state index in [2.05, 4.69) is 20.6 Å². The minimum absolute atomic E-state index is 0.0165. The number of benzene rings is 1. The van der Waals surface area contributed by atoms with Gasteiger partial charge in [-0.1, -0.05) is 41.7 Å². The van der Waals surface area contributed by atoms with Crippen LogP contribution in [0, 0.1) is 0 Å². The fourth-order valence-corrected chi connectivity index (χ4v) is 2.44. The van der Waals surface area contributed by atoms with E-state index in [-0.39, 0.29) is 5.91 Å². The van der Waals surface area contributed by atoms with E-state index in [9.17, 15) is 4.79 Å². The van der Waals surface area contributed by atoms with Crippen molar-refractivity contribution >= 4 is 22.2 Å². The molecule has 3 rings (SSSR count). The summed E-state index contributed by atoms with van der Waals surface area (Å²) in [5.41, 5.74) is 0.998. The van der Waals surface area contributed by atoms with Crippen molar-refractivity contribution in [3.05, 3.63) is 47.2 Å². The molecule has 6 nitrogen and oxygen atoms in total. The first-order valence-electron chi connectivity index (χ1n) is 5.77. The third kappa shape index (κ3) is 2.76. The molecule has 2 heterocycles. The fourth-order valence-electron chi connectivity index (χ4n) is 1.69. The van der Waals surface area contributed by atoms with E-state index in [0.717, 1.165) is 15.5 Å². The van der Waals surface area contributed by atoms with Crippen LogP contribution in [0.3, 0.4) is 0 Å². The molecule has 2 aromatic heterocycles. The van der Waals surface area contributed by atoms with Gasteiger partial charge in [-0.05, 0) is 5.56 Å². The smallest absolute Gasteiger partial charge is 0.234 e. The number of aromatic nitrogens is 4. The Balaban J connectivity index is 1.57. The number of hydrogen-bond acceptors (Lipinski definition) is 5. The van der Waals surface area contributed by atoms with Gasteiger partial charge in [-0.3, -0.25) is 4.79 Å². The van der Waals surface area contributed by atoms with Crippen LogP contribution in [0.2, 0.25) is 0 Å². The summed E-state index contributed by atoms with van der Waals surface area (Å²) in [5, 5.41) is 15.5. The fraction of sp³-hybridized carbons (Fsp3) is 0.167. The second-order valence-electron chi connectivity index (χ2n) is 3.99. The van der Waals surface area contributed by atoms with E-state index >= 15 is 0 Å². The number of amides is 1. The maximum Gasteiger partial charge on any atom is 0.234 e. The van der Waals surface area contributed by atoms with Crippen LogP contribution in [0.5, 0.6) is 0 Å². The van der Waals surface area contributed by atoms with Crippen LogP contribution in [-0.4, -0.2) is 25.7 Å². The van der Waals surface area contributed by atoms with E-state index in [1.165, 1.54) is 11.3 Å². The number of carbonyl (C=O) groups excluding carboxylic acids is 1. The highest BCUT2D eigenvalue weighted by Crippen LogP contribution is 2.10. The molecule has 0 aliphatic carbocycles. The summed E-state index contributed by atoms with van der Waals surface area (Å²) >= 11 is 1.42. The molecule has 1 amide bonds. The molecular weight excluding hydrogens is 262 g/mol. The molecule has 3 aromatic rings. The molecule has 96 valence electrons. The lowest BCUT2D eigenvalue weighted by molar-refractivity contribution is -0.120. The largest absolute Gasteiger partial charge is 0.349 e. The molecule has 1 aromatic carbocycles. The zero-order valence-electron chi connectivity index (χ0n) is 9.98. The van der Waals surface area contributed by atoms with Gasteiger partial charge in [0.25, 0.3) is 0 Å². The van der Waals surface area contributed by atoms with E-state index in [0.29, 0.717) is 13.0 Å². The SMILES string of the molecule is O=C(Cc1ccccc1)NCc1nn2cnnc2s1. The van der Waals surface area contributed by atoms with Crippen molar-refractivity contribution in [2.45, 2.75) is 13.0 Å². The molecule has 0 spiro atoms. The first-order chi connectivity index (χ1) is 9.31. The lowest BCUT2D eigenvalue weighted by atomic mass is 10.1. The Bertz CT molecular complexity index is 662. The molecule has 1 N–H and O–H groups in total. The van der Waals surface area contributed by atoms with Crippen molar-refractivity contribution in [1.29, 1.82) is 0 Å². The van der Waals surface area contributed by atoms with Gasteiger partial charge in [-0.2, -0.15) is 9.61 Å². The van der Waals surface area contributed by atoms with Crippen molar-refractivity contribution in [1.82, 2.24) is 25.1 Å². The lowest BCUT2D eigenvalue weighted by Crippen LogP contribution is -2.24. The van der Waals surface area contributed by atoms with Gasteiger partial charge in [0.2, 0.25) is 10.9 Å². The van der Waals surface area contributed by atoms with Gasteiger partial charge in [-0.15, -0.1) is 10.2 Å². The molecule has 0 unspecified atom stereocenters. The third-order valence-electron chi connectivity index (χ3n) is 2.57.